The fourth-order valence-corrected chi connectivity index (χ4v) is 0.951. The average molecular weight is 222 g/mol. The second kappa shape index (κ2) is 5.96. The first-order valence-corrected chi connectivity index (χ1v) is 4.40. The summed E-state index contributed by atoms with van der Waals surface area (Å²) in [6, 6.07) is 0. The molecule has 0 unspecified atom stereocenters. The molecule has 1 aromatic rings. The second-order valence-electron chi connectivity index (χ2n) is 2.73. The number of hydrogen-bond acceptors (Lipinski definition) is 2. The Morgan fingerprint density at radius 3 is 2.69 bits per heavy atom. The third-order valence-corrected chi connectivity index (χ3v) is 1.58. The smallest absolute Gasteiger partial charge is 0.256 e. The molecule has 9 N–H and O–H groups in total. The number of rotatable bonds is 4. The number of nitrogens with zero attached hydrogens (tertiary/aromatic N) is 2. The molecule has 0 aliphatic heterocycles. The molecule has 0 bridgehead atoms. The molecule has 1 aromatic heterocycles. The summed E-state index contributed by atoms with van der Waals surface area (Å²) in [4.78, 5) is 2.92. The molecular weight excluding hydrogens is 208 g/mol. The SMILES string of the molecule is N/C=[NH+]\N=C\c1c[nH]cc1/C=[NH+]/N=C(N)N. The lowest BCUT2D eigenvalue weighted by molar-refractivity contribution is -0.457. The van der Waals surface area contributed by atoms with Gasteiger partial charge in [0, 0.05) is 23.1 Å². The van der Waals surface area contributed by atoms with Gasteiger partial charge in [-0.25, -0.2) is 0 Å². The molecule has 0 spiro atoms. The maximum atomic E-state index is 5.15. The maximum absolute atomic E-state index is 5.15. The Balaban J connectivity index is 2.78. The number of hydrazone groups is 2. The van der Waals surface area contributed by atoms with E-state index in [4.69, 9.17) is 17.2 Å². The predicted molar refractivity (Wildman–Crippen MR) is 61.5 cm³/mol. The second-order valence-corrected chi connectivity index (χ2v) is 2.73. The molecule has 0 saturated carbocycles. The van der Waals surface area contributed by atoms with E-state index in [1.54, 1.807) is 24.8 Å². The maximum Gasteiger partial charge on any atom is 0.256 e. The van der Waals surface area contributed by atoms with Crippen LogP contribution in [0.3, 0.4) is 0 Å². The number of aromatic amines is 1. The van der Waals surface area contributed by atoms with Gasteiger partial charge in [0.15, 0.2) is 0 Å². The summed E-state index contributed by atoms with van der Waals surface area (Å²) in [6.07, 6.45) is 7.99. The molecule has 0 amide bonds. The van der Waals surface area contributed by atoms with E-state index in [1.165, 1.54) is 6.34 Å². The highest BCUT2D eigenvalue weighted by atomic mass is 15.3. The highest BCUT2D eigenvalue weighted by molar-refractivity contribution is 5.92. The highest BCUT2D eigenvalue weighted by Crippen LogP contribution is 1.99. The summed E-state index contributed by atoms with van der Waals surface area (Å²) >= 11 is 0. The number of aromatic nitrogens is 1. The summed E-state index contributed by atoms with van der Waals surface area (Å²) in [6.45, 7) is 0. The number of nitrogens with one attached hydrogen (secondary N) is 3. The molecule has 84 valence electrons. The molecule has 0 aromatic carbocycles. The molecule has 0 atom stereocenters. The lowest BCUT2D eigenvalue weighted by Crippen LogP contribution is -2.64. The minimum atomic E-state index is -0.0404. The largest absolute Gasteiger partial charge is 0.366 e. The van der Waals surface area contributed by atoms with Gasteiger partial charge in [0.1, 0.15) is 0 Å². The van der Waals surface area contributed by atoms with E-state index < -0.39 is 0 Å². The van der Waals surface area contributed by atoms with Crippen LogP contribution in [-0.2, 0) is 0 Å². The van der Waals surface area contributed by atoms with Crippen molar-refractivity contribution in [3.63, 3.8) is 0 Å². The number of guanidine groups is 1. The van der Waals surface area contributed by atoms with Crippen molar-refractivity contribution in [3.8, 4) is 0 Å². The molecule has 1 heterocycles. The zero-order valence-electron chi connectivity index (χ0n) is 8.51. The molecule has 0 saturated heterocycles. The summed E-state index contributed by atoms with van der Waals surface area (Å²) in [5, 5.41) is 12.5. The van der Waals surface area contributed by atoms with Gasteiger partial charge < -0.3 is 16.5 Å². The molecule has 1 rings (SSSR count). The van der Waals surface area contributed by atoms with Gasteiger partial charge in [-0.05, 0) is 0 Å². The number of hydrogen-bond donors (Lipinski definition) is 6. The Labute approximate surface area is 91.6 Å². The Hall–Kier alpha value is -2.64. The zero-order chi connectivity index (χ0) is 11.8. The molecular formula is C8H14N8+2. The predicted octanol–water partition coefficient (Wildman–Crippen LogP) is -4.90. The molecule has 16 heavy (non-hydrogen) atoms. The third-order valence-electron chi connectivity index (χ3n) is 1.58. The number of H-pyrrole nitrogens is 1. The molecule has 0 aliphatic carbocycles. The van der Waals surface area contributed by atoms with Gasteiger partial charge in [-0.1, -0.05) is 5.10 Å². The van der Waals surface area contributed by atoms with E-state index in [-0.39, 0.29) is 5.96 Å². The van der Waals surface area contributed by atoms with Crippen molar-refractivity contribution < 1.29 is 10.2 Å². The van der Waals surface area contributed by atoms with Crippen LogP contribution in [0.4, 0.5) is 0 Å². The van der Waals surface area contributed by atoms with Gasteiger partial charge in [0.2, 0.25) is 6.21 Å². The van der Waals surface area contributed by atoms with Crippen LogP contribution >= 0.6 is 0 Å². The Morgan fingerprint density at radius 2 is 2.00 bits per heavy atom. The van der Waals surface area contributed by atoms with Crippen LogP contribution in [0.5, 0.6) is 0 Å². The summed E-state index contributed by atoms with van der Waals surface area (Å²) in [5.74, 6) is -0.0404. The van der Waals surface area contributed by atoms with Crippen LogP contribution < -0.4 is 27.4 Å². The van der Waals surface area contributed by atoms with E-state index in [2.05, 4.69) is 25.4 Å². The van der Waals surface area contributed by atoms with Gasteiger partial charge in [-0.2, -0.15) is 5.10 Å². The van der Waals surface area contributed by atoms with Crippen molar-refractivity contribution in [2.45, 2.75) is 0 Å². The lowest BCUT2D eigenvalue weighted by Gasteiger charge is -1.83. The van der Waals surface area contributed by atoms with E-state index in [1.807, 2.05) is 0 Å². The van der Waals surface area contributed by atoms with Gasteiger partial charge in [-0.15, -0.1) is 5.10 Å². The van der Waals surface area contributed by atoms with Crippen LogP contribution in [-0.4, -0.2) is 29.7 Å². The van der Waals surface area contributed by atoms with Gasteiger partial charge in [0.25, 0.3) is 12.3 Å². The monoisotopic (exact) mass is 222 g/mol. The topological polar surface area (TPSA) is 147 Å². The first kappa shape index (κ1) is 11.4. The van der Waals surface area contributed by atoms with E-state index in [0.717, 1.165) is 11.1 Å². The van der Waals surface area contributed by atoms with Crippen molar-refractivity contribution in [2.24, 2.45) is 27.4 Å². The minimum absolute atomic E-state index is 0.0404. The summed E-state index contributed by atoms with van der Waals surface area (Å²) in [7, 11) is 0. The van der Waals surface area contributed by atoms with Gasteiger partial charge in [0.05, 0.1) is 11.8 Å². The lowest BCUT2D eigenvalue weighted by atomic mass is 10.2. The normalized spacial score (nSPS) is 11.8. The molecule has 0 fully saturated rings. The van der Waals surface area contributed by atoms with E-state index in [0.29, 0.717) is 0 Å². The standard InChI is InChI=1S/C8H12N8/c9-5-15-13-3-6-1-12-2-7(6)4-14-16-8(10)11/h1-5,12H,(H2,9,15)(H4,10,11,16)/p+2/b13-3+,14-4+. The van der Waals surface area contributed by atoms with Crippen molar-refractivity contribution in [1.29, 1.82) is 0 Å². The Kier molecular flexibility index (Phi) is 4.26. The summed E-state index contributed by atoms with van der Waals surface area (Å²) in [5.41, 5.74) is 17.1. The van der Waals surface area contributed by atoms with Crippen LogP contribution in [0.1, 0.15) is 11.1 Å². The van der Waals surface area contributed by atoms with Crippen LogP contribution in [0, 0.1) is 0 Å². The van der Waals surface area contributed by atoms with E-state index >= 15 is 0 Å². The molecule has 0 radical (unpaired) electrons. The van der Waals surface area contributed by atoms with Crippen molar-refractivity contribution in [3.05, 3.63) is 23.5 Å². The first-order valence-electron chi connectivity index (χ1n) is 4.40. The number of nitrogens with two attached hydrogens (primary N) is 3. The fraction of sp³-hybridized carbons (Fsp3) is 0. The van der Waals surface area contributed by atoms with Crippen LogP contribution in [0.15, 0.2) is 22.6 Å². The molecule has 8 heteroatoms. The van der Waals surface area contributed by atoms with Gasteiger partial charge >= 0.3 is 0 Å². The highest BCUT2D eigenvalue weighted by Gasteiger charge is 2.00. The average Bonchev–Trinajstić information content (AvgIpc) is 2.66. The van der Waals surface area contributed by atoms with Gasteiger partial charge in [-0.3, -0.25) is 5.73 Å². The van der Waals surface area contributed by atoms with Crippen molar-refractivity contribution in [1.82, 2.24) is 4.98 Å². The van der Waals surface area contributed by atoms with E-state index in [9.17, 15) is 0 Å². The van der Waals surface area contributed by atoms with Crippen LogP contribution in [0.25, 0.3) is 0 Å². The van der Waals surface area contributed by atoms with Crippen molar-refractivity contribution >= 4 is 24.7 Å². The Morgan fingerprint density at radius 1 is 1.25 bits per heavy atom. The quantitative estimate of drug-likeness (QED) is 0.172. The van der Waals surface area contributed by atoms with Crippen molar-refractivity contribution in [2.75, 3.05) is 0 Å². The first-order chi connectivity index (χ1) is 7.74. The molecule has 8 nitrogen and oxygen atoms in total. The zero-order valence-corrected chi connectivity index (χ0v) is 8.51. The Bertz CT molecular complexity index is 435. The third kappa shape index (κ3) is 3.62. The van der Waals surface area contributed by atoms with Crippen LogP contribution in [0.2, 0.25) is 0 Å². The fourth-order valence-electron chi connectivity index (χ4n) is 0.951. The minimum Gasteiger partial charge on any atom is -0.366 e. The molecule has 0 aliphatic rings. The summed E-state index contributed by atoms with van der Waals surface area (Å²) < 4.78 is 0.